The van der Waals surface area contributed by atoms with Crippen molar-refractivity contribution in [1.82, 2.24) is 19.6 Å². The topological polar surface area (TPSA) is 103 Å². The zero-order chi connectivity index (χ0) is 30.5. The van der Waals surface area contributed by atoms with E-state index in [0.29, 0.717) is 71.7 Å². The molecule has 10 nitrogen and oxygen atoms in total. The van der Waals surface area contributed by atoms with E-state index in [9.17, 15) is 19.5 Å². The Morgan fingerprint density at radius 3 is 2.33 bits per heavy atom. The van der Waals surface area contributed by atoms with E-state index in [2.05, 4.69) is 25.0 Å². The molecule has 0 aliphatic carbocycles. The summed E-state index contributed by atoms with van der Waals surface area (Å²) < 4.78 is 12.4. The van der Waals surface area contributed by atoms with E-state index in [1.807, 2.05) is 13.8 Å². The van der Waals surface area contributed by atoms with Crippen molar-refractivity contribution in [3.8, 4) is 0 Å². The minimum Gasteiger partial charge on any atom is -0.396 e. The van der Waals surface area contributed by atoms with Gasteiger partial charge in [0, 0.05) is 59.0 Å². The van der Waals surface area contributed by atoms with Crippen LogP contribution in [-0.2, 0) is 23.9 Å². The number of amides is 3. The van der Waals surface area contributed by atoms with Gasteiger partial charge in [-0.15, -0.1) is 13.2 Å². The summed E-state index contributed by atoms with van der Waals surface area (Å²) >= 11 is 0. The normalized spacial score (nSPS) is 32.2. The lowest BCUT2D eigenvalue weighted by atomic mass is 9.62. The first-order chi connectivity index (χ1) is 20.2. The van der Waals surface area contributed by atoms with Gasteiger partial charge in [-0.1, -0.05) is 26.0 Å². The summed E-state index contributed by atoms with van der Waals surface area (Å²) in [6.45, 7) is 19.9. The zero-order valence-electron chi connectivity index (χ0n) is 26.0. The largest absolute Gasteiger partial charge is 0.396 e. The summed E-state index contributed by atoms with van der Waals surface area (Å²) in [5.74, 6) is -1.77. The number of aliphatic hydroxyl groups excluding tert-OH is 1. The van der Waals surface area contributed by atoms with Gasteiger partial charge in [-0.3, -0.25) is 19.3 Å². The van der Waals surface area contributed by atoms with Crippen LogP contribution in [0.25, 0.3) is 0 Å². The van der Waals surface area contributed by atoms with Gasteiger partial charge in [0.25, 0.3) is 0 Å². The van der Waals surface area contributed by atoms with E-state index in [0.717, 1.165) is 25.9 Å². The van der Waals surface area contributed by atoms with Crippen molar-refractivity contribution in [3.63, 3.8) is 0 Å². The second-order valence-electron chi connectivity index (χ2n) is 12.6. The van der Waals surface area contributed by atoms with Crippen LogP contribution in [0.2, 0.25) is 0 Å². The van der Waals surface area contributed by atoms with E-state index in [1.165, 1.54) is 0 Å². The molecule has 6 atom stereocenters. The van der Waals surface area contributed by atoms with E-state index < -0.39 is 29.1 Å². The maximum absolute atomic E-state index is 14.6. The average molecular weight is 589 g/mol. The maximum Gasteiger partial charge on any atom is 0.248 e. The molecule has 4 aliphatic heterocycles. The number of hydrogen-bond acceptors (Lipinski definition) is 7. The van der Waals surface area contributed by atoms with Gasteiger partial charge in [0.1, 0.15) is 11.6 Å². The molecule has 4 heterocycles. The Labute approximate surface area is 251 Å². The maximum atomic E-state index is 14.6. The molecule has 0 saturated carbocycles. The van der Waals surface area contributed by atoms with E-state index in [-0.39, 0.29) is 30.2 Å². The van der Waals surface area contributed by atoms with Crippen molar-refractivity contribution in [2.75, 3.05) is 72.2 Å². The molecule has 4 aliphatic rings. The number of hydrogen-bond donors (Lipinski definition) is 1. The predicted molar refractivity (Wildman–Crippen MR) is 161 cm³/mol. The molecule has 1 N–H and O–H groups in total. The van der Waals surface area contributed by atoms with Gasteiger partial charge in [-0.2, -0.15) is 0 Å². The first-order valence-corrected chi connectivity index (χ1v) is 15.9. The third kappa shape index (κ3) is 5.92. The number of unbranched alkanes of at least 4 members (excludes halogenated alkanes) is 2. The van der Waals surface area contributed by atoms with Crippen molar-refractivity contribution in [3.05, 3.63) is 25.3 Å². The number of likely N-dealkylation sites (tertiary alicyclic amines) is 1. The predicted octanol–water partition coefficient (Wildman–Crippen LogP) is 1.93. The Morgan fingerprint density at radius 2 is 1.71 bits per heavy atom. The van der Waals surface area contributed by atoms with Crippen LogP contribution in [0.3, 0.4) is 0 Å². The fraction of sp³-hybridized carbons (Fsp3) is 0.781. The number of aliphatic hydroxyl groups is 1. The number of carbonyl (C=O) groups excluding carboxylic acids is 3. The van der Waals surface area contributed by atoms with Crippen molar-refractivity contribution in [2.45, 2.75) is 70.1 Å². The lowest BCUT2D eigenvalue weighted by Crippen LogP contribution is -2.57. The Kier molecular flexibility index (Phi) is 10.9. The molecule has 2 bridgehead atoms. The van der Waals surface area contributed by atoms with Gasteiger partial charge >= 0.3 is 0 Å². The van der Waals surface area contributed by atoms with Crippen LogP contribution in [0.15, 0.2) is 25.3 Å². The van der Waals surface area contributed by atoms with E-state index in [1.54, 1.807) is 26.9 Å². The van der Waals surface area contributed by atoms with E-state index >= 15 is 0 Å². The third-order valence-corrected chi connectivity index (χ3v) is 9.98. The second kappa shape index (κ2) is 14.0. The summed E-state index contributed by atoms with van der Waals surface area (Å²) in [4.78, 5) is 50.9. The van der Waals surface area contributed by atoms with Crippen LogP contribution in [0.1, 0.15) is 52.9 Å². The smallest absolute Gasteiger partial charge is 0.248 e. The quantitative estimate of drug-likeness (QED) is 0.217. The first-order valence-electron chi connectivity index (χ1n) is 15.9. The van der Waals surface area contributed by atoms with Crippen LogP contribution in [0.4, 0.5) is 0 Å². The standard InChI is InChI=1S/C32H52N4O6/c1-6-12-34(13-7-2)28(38)25-26-29(39)36(15-10-9-11-20-37)27(32(26)23-24(4)31(25,5)42-32)30(40)35(14-8-3)17-16-33-18-21-41-22-19-33/h6,8,24-27,37H,1,3,7,9-23H2,2,4-5H3/t24?,25-,26-,27?,31+,32?/m0/s1. The molecule has 0 aromatic heterocycles. The van der Waals surface area contributed by atoms with Gasteiger partial charge < -0.3 is 29.3 Å². The fourth-order valence-electron chi connectivity index (χ4n) is 7.83. The molecule has 3 amide bonds. The van der Waals surface area contributed by atoms with Crippen LogP contribution in [-0.4, -0.2) is 132 Å². The molecule has 10 heteroatoms. The third-order valence-electron chi connectivity index (χ3n) is 9.98. The highest BCUT2D eigenvalue weighted by molar-refractivity contribution is 5.99. The molecular formula is C32H52N4O6. The molecule has 4 rings (SSSR count). The van der Waals surface area contributed by atoms with Crippen molar-refractivity contribution >= 4 is 17.7 Å². The lowest BCUT2D eigenvalue weighted by Gasteiger charge is -2.39. The SMILES string of the molecule is C=CCN(CCN1CCOCC1)C(=O)C1N(CCCCCO)C(=O)[C@@H]2[C@@H](C(=O)N(CC=C)CCC)[C@]3(C)OC12CC3C. The summed E-state index contributed by atoms with van der Waals surface area (Å²) in [7, 11) is 0. The van der Waals surface area contributed by atoms with Crippen LogP contribution in [0, 0.1) is 17.8 Å². The lowest BCUT2D eigenvalue weighted by molar-refractivity contribution is -0.155. The van der Waals surface area contributed by atoms with Crippen LogP contribution < -0.4 is 0 Å². The first kappa shape index (κ1) is 32.6. The number of ether oxygens (including phenoxy) is 2. The van der Waals surface area contributed by atoms with Gasteiger partial charge in [0.2, 0.25) is 17.7 Å². The summed E-state index contributed by atoms with van der Waals surface area (Å²) in [5.41, 5.74) is -1.91. The number of rotatable bonds is 16. The second-order valence-corrected chi connectivity index (χ2v) is 12.6. The highest BCUT2D eigenvalue weighted by Gasteiger charge is 2.80. The summed E-state index contributed by atoms with van der Waals surface area (Å²) in [6.07, 6.45) is 6.84. The minimum atomic E-state index is -1.07. The Bertz CT molecular complexity index is 1000. The van der Waals surface area contributed by atoms with Crippen LogP contribution in [0.5, 0.6) is 0 Å². The highest BCUT2D eigenvalue weighted by Crippen LogP contribution is 2.65. The van der Waals surface area contributed by atoms with Gasteiger partial charge in [0.15, 0.2) is 0 Å². The number of fused-ring (bicyclic) bond motifs is 1. The van der Waals surface area contributed by atoms with Gasteiger partial charge in [0.05, 0.1) is 30.7 Å². The van der Waals surface area contributed by atoms with Crippen molar-refractivity contribution in [1.29, 1.82) is 0 Å². The Balaban J connectivity index is 1.69. The molecule has 0 aromatic carbocycles. The van der Waals surface area contributed by atoms with Crippen molar-refractivity contribution < 1.29 is 29.0 Å². The molecule has 0 radical (unpaired) electrons. The van der Waals surface area contributed by atoms with Gasteiger partial charge in [-0.05, 0) is 44.9 Å². The monoisotopic (exact) mass is 588 g/mol. The Morgan fingerprint density at radius 1 is 1.05 bits per heavy atom. The minimum absolute atomic E-state index is 0.00597. The molecular weight excluding hydrogens is 536 g/mol. The molecule has 3 unspecified atom stereocenters. The van der Waals surface area contributed by atoms with Crippen LogP contribution >= 0.6 is 0 Å². The number of morpholine rings is 1. The fourth-order valence-corrected chi connectivity index (χ4v) is 7.83. The molecule has 0 aromatic rings. The molecule has 4 fully saturated rings. The average Bonchev–Trinajstić information content (AvgIpc) is 3.49. The molecule has 42 heavy (non-hydrogen) atoms. The van der Waals surface area contributed by atoms with Crippen molar-refractivity contribution in [2.24, 2.45) is 17.8 Å². The Hall–Kier alpha value is -2.27. The summed E-state index contributed by atoms with van der Waals surface area (Å²) in [5, 5.41) is 9.33. The number of nitrogens with zero attached hydrogens (tertiary/aromatic N) is 4. The number of carbonyl (C=O) groups is 3. The molecule has 1 spiro atoms. The molecule has 4 saturated heterocycles. The van der Waals surface area contributed by atoms with Gasteiger partial charge in [-0.25, -0.2) is 0 Å². The highest BCUT2D eigenvalue weighted by atomic mass is 16.5. The summed E-state index contributed by atoms with van der Waals surface area (Å²) in [6, 6.07) is -0.810. The van der Waals surface area contributed by atoms with E-state index in [4.69, 9.17) is 9.47 Å². The zero-order valence-corrected chi connectivity index (χ0v) is 26.0. The molecule has 236 valence electrons.